The van der Waals surface area contributed by atoms with E-state index < -0.39 is 0 Å². The number of hydrogen-bond donors (Lipinski definition) is 1. The minimum absolute atomic E-state index is 0.296. The fraction of sp³-hybridized carbons (Fsp3) is 0.148. The second-order valence-electron chi connectivity index (χ2n) is 8.52. The molecule has 2 aromatic carbocycles. The van der Waals surface area contributed by atoms with E-state index in [1.54, 1.807) is 31.3 Å². The van der Waals surface area contributed by atoms with Crippen LogP contribution in [0.4, 0.5) is 16.0 Å². The van der Waals surface area contributed by atoms with Crippen LogP contribution >= 0.6 is 0 Å². The van der Waals surface area contributed by atoms with E-state index in [2.05, 4.69) is 25.3 Å². The van der Waals surface area contributed by atoms with E-state index in [-0.39, 0.29) is 11.4 Å². The zero-order valence-electron chi connectivity index (χ0n) is 20.2. The van der Waals surface area contributed by atoms with E-state index in [1.165, 1.54) is 35.4 Å². The van der Waals surface area contributed by atoms with E-state index in [0.29, 0.717) is 70.1 Å². The van der Waals surface area contributed by atoms with E-state index in [9.17, 15) is 9.18 Å². The molecule has 0 radical (unpaired) electrons. The highest BCUT2D eigenvalue weighted by Crippen LogP contribution is 2.37. The lowest BCUT2D eigenvalue weighted by Gasteiger charge is -2.12. The van der Waals surface area contributed by atoms with Gasteiger partial charge in [0.2, 0.25) is 11.8 Å². The Morgan fingerprint density at radius 3 is 2.50 bits per heavy atom. The zero-order chi connectivity index (χ0) is 26.1. The van der Waals surface area contributed by atoms with Crippen LogP contribution in [0.3, 0.4) is 0 Å². The van der Waals surface area contributed by atoms with Crippen LogP contribution in [0.2, 0.25) is 0 Å². The molecule has 1 N–H and O–H groups in total. The molecule has 3 aromatic heterocycles. The van der Waals surface area contributed by atoms with Crippen molar-refractivity contribution >= 4 is 22.5 Å². The predicted octanol–water partition coefficient (Wildman–Crippen LogP) is 4.62. The number of aromatic nitrogens is 5. The second-order valence-corrected chi connectivity index (χ2v) is 8.52. The van der Waals surface area contributed by atoms with Crippen molar-refractivity contribution in [2.24, 2.45) is 7.05 Å². The summed E-state index contributed by atoms with van der Waals surface area (Å²) in [5.74, 6) is 1.99. The van der Waals surface area contributed by atoms with Crippen LogP contribution < -0.4 is 25.1 Å². The first-order chi connectivity index (χ1) is 18.5. The van der Waals surface area contributed by atoms with Crippen molar-refractivity contribution < 1.29 is 18.6 Å². The summed E-state index contributed by atoms with van der Waals surface area (Å²) in [6.07, 6.45) is 5.17. The molecule has 190 valence electrons. The van der Waals surface area contributed by atoms with Gasteiger partial charge in [-0.05, 0) is 42.5 Å². The standard InChI is InChI=1S/C27H21FN6O4/c1-34-26(35)20(14-30-27(34)33-17-5-3-16(28)4-6-17)21-8-7-18(13-29-21)38-25-19-11-23-24(37-10-2-9-36-23)12-22(19)31-15-32-25/h3-8,11-15H,2,9-10H2,1H3,(H,30,33). The van der Waals surface area contributed by atoms with Crippen molar-refractivity contribution in [2.75, 3.05) is 18.5 Å². The highest BCUT2D eigenvalue weighted by Gasteiger charge is 2.16. The van der Waals surface area contributed by atoms with Crippen molar-refractivity contribution in [3.63, 3.8) is 0 Å². The largest absolute Gasteiger partial charge is 0.490 e. The van der Waals surface area contributed by atoms with Gasteiger partial charge in [0.15, 0.2) is 11.5 Å². The number of ether oxygens (including phenoxy) is 3. The van der Waals surface area contributed by atoms with Gasteiger partial charge in [0.1, 0.15) is 17.9 Å². The summed E-state index contributed by atoms with van der Waals surface area (Å²) in [5.41, 5.74) is 1.72. The number of anilines is 2. The third-order valence-electron chi connectivity index (χ3n) is 5.96. The Morgan fingerprint density at radius 1 is 0.947 bits per heavy atom. The minimum atomic E-state index is -0.350. The van der Waals surface area contributed by atoms with Crippen molar-refractivity contribution in [3.05, 3.63) is 83.4 Å². The molecule has 38 heavy (non-hydrogen) atoms. The van der Waals surface area contributed by atoms with Gasteiger partial charge in [-0.1, -0.05) is 0 Å². The van der Waals surface area contributed by atoms with Gasteiger partial charge in [-0.25, -0.2) is 19.3 Å². The van der Waals surface area contributed by atoms with Crippen LogP contribution in [0.15, 0.2) is 72.0 Å². The number of pyridine rings is 1. The molecular formula is C27H21FN6O4. The Hall–Kier alpha value is -5.06. The van der Waals surface area contributed by atoms with Crippen LogP contribution in [0.1, 0.15) is 6.42 Å². The summed E-state index contributed by atoms with van der Waals surface area (Å²) in [7, 11) is 1.60. The summed E-state index contributed by atoms with van der Waals surface area (Å²) < 4.78 is 32.1. The Balaban J connectivity index is 1.24. The Bertz CT molecular complexity index is 1690. The molecule has 5 aromatic rings. The molecule has 0 saturated carbocycles. The van der Waals surface area contributed by atoms with Crippen molar-refractivity contribution in [1.29, 1.82) is 0 Å². The molecular weight excluding hydrogens is 491 g/mol. The van der Waals surface area contributed by atoms with Crippen LogP contribution in [-0.4, -0.2) is 37.7 Å². The highest BCUT2D eigenvalue weighted by molar-refractivity contribution is 5.87. The van der Waals surface area contributed by atoms with Crippen LogP contribution in [0, 0.1) is 5.82 Å². The number of hydrogen-bond acceptors (Lipinski definition) is 9. The van der Waals surface area contributed by atoms with Gasteiger partial charge in [-0.15, -0.1) is 0 Å². The highest BCUT2D eigenvalue weighted by atomic mass is 19.1. The number of fused-ring (bicyclic) bond motifs is 2. The van der Waals surface area contributed by atoms with E-state index in [0.717, 1.165) is 6.42 Å². The SMILES string of the molecule is Cn1c(Nc2ccc(F)cc2)ncc(-c2ccc(Oc3ncnc4cc5c(cc34)OCCCO5)cn2)c1=O. The number of benzene rings is 2. The average molecular weight is 513 g/mol. The van der Waals surface area contributed by atoms with Gasteiger partial charge in [-0.3, -0.25) is 14.3 Å². The third-order valence-corrected chi connectivity index (χ3v) is 5.96. The molecule has 4 heterocycles. The monoisotopic (exact) mass is 512 g/mol. The van der Waals surface area contributed by atoms with E-state index >= 15 is 0 Å². The molecule has 0 aliphatic carbocycles. The fourth-order valence-corrected chi connectivity index (χ4v) is 3.98. The molecule has 0 fully saturated rings. The number of nitrogens with zero attached hydrogens (tertiary/aromatic N) is 5. The fourth-order valence-electron chi connectivity index (χ4n) is 3.98. The minimum Gasteiger partial charge on any atom is -0.490 e. The Morgan fingerprint density at radius 2 is 1.74 bits per heavy atom. The summed E-state index contributed by atoms with van der Waals surface area (Å²) in [5, 5.41) is 3.68. The van der Waals surface area contributed by atoms with Gasteiger partial charge in [0, 0.05) is 31.4 Å². The lowest BCUT2D eigenvalue weighted by Crippen LogP contribution is -2.22. The quantitative estimate of drug-likeness (QED) is 0.360. The maximum absolute atomic E-state index is 13.2. The molecule has 6 rings (SSSR count). The molecule has 0 bridgehead atoms. The van der Waals surface area contributed by atoms with Crippen molar-refractivity contribution in [1.82, 2.24) is 24.5 Å². The molecule has 0 atom stereocenters. The van der Waals surface area contributed by atoms with E-state index in [4.69, 9.17) is 14.2 Å². The van der Waals surface area contributed by atoms with Crippen molar-refractivity contribution in [3.8, 4) is 34.4 Å². The summed E-state index contributed by atoms with van der Waals surface area (Å²) in [6.45, 7) is 1.14. The molecule has 0 saturated heterocycles. The maximum atomic E-state index is 13.2. The lowest BCUT2D eigenvalue weighted by molar-refractivity contribution is 0.297. The Kier molecular flexibility index (Phi) is 6.00. The smallest absolute Gasteiger partial charge is 0.264 e. The predicted molar refractivity (Wildman–Crippen MR) is 138 cm³/mol. The number of halogens is 1. The maximum Gasteiger partial charge on any atom is 0.264 e. The van der Waals surface area contributed by atoms with Gasteiger partial charge >= 0.3 is 0 Å². The first-order valence-corrected chi connectivity index (χ1v) is 11.8. The van der Waals surface area contributed by atoms with E-state index in [1.807, 2.05) is 12.1 Å². The number of nitrogens with one attached hydrogen (secondary N) is 1. The van der Waals surface area contributed by atoms with Crippen LogP contribution in [0.5, 0.6) is 23.1 Å². The van der Waals surface area contributed by atoms with Crippen LogP contribution in [0.25, 0.3) is 22.2 Å². The number of rotatable bonds is 5. The first-order valence-electron chi connectivity index (χ1n) is 11.8. The summed E-state index contributed by atoms with van der Waals surface area (Å²) in [4.78, 5) is 30.4. The normalized spacial score (nSPS) is 12.7. The van der Waals surface area contributed by atoms with Gasteiger partial charge in [-0.2, -0.15) is 0 Å². The first kappa shape index (κ1) is 23.3. The van der Waals surface area contributed by atoms with Crippen LogP contribution in [-0.2, 0) is 7.05 Å². The molecule has 1 aliphatic rings. The molecule has 0 amide bonds. The second kappa shape index (κ2) is 9.77. The molecule has 11 heteroatoms. The summed E-state index contributed by atoms with van der Waals surface area (Å²) in [6, 6.07) is 12.8. The van der Waals surface area contributed by atoms with Gasteiger partial charge < -0.3 is 19.5 Å². The molecule has 0 unspecified atom stereocenters. The lowest BCUT2D eigenvalue weighted by atomic mass is 10.2. The van der Waals surface area contributed by atoms with Crippen molar-refractivity contribution in [2.45, 2.75) is 6.42 Å². The topological polar surface area (TPSA) is 113 Å². The zero-order valence-corrected chi connectivity index (χ0v) is 20.2. The van der Waals surface area contributed by atoms with Gasteiger partial charge in [0.05, 0.1) is 41.6 Å². The third kappa shape index (κ3) is 4.57. The molecule has 10 nitrogen and oxygen atoms in total. The molecule has 0 spiro atoms. The average Bonchev–Trinajstić information content (AvgIpc) is 3.17. The van der Waals surface area contributed by atoms with Gasteiger partial charge in [0.25, 0.3) is 5.56 Å². The summed E-state index contributed by atoms with van der Waals surface area (Å²) >= 11 is 0. The Labute approximate surface area is 215 Å². The molecule has 1 aliphatic heterocycles.